The molecule has 6 heteroatoms. The molecule has 2 rings (SSSR count). The number of carbonyl (C=O) groups is 1. The molecule has 0 fully saturated rings. The second-order valence-corrected chi connectivity index (χ2v) is 7.40. The van der Waals surface area contributed by atoms with Crippen LogP contribution in [-0.4, -0.2) is 27.7 Å². The van der Waals surface area contributed by atoms with Gasteiger partial charge >= 0.3 is 0 Å². The third-order valence-electron chi connectivity index (χ3n) is 3.28. The number of sulfone groups is 1. The molecule has 0 saturated heterocycles. The number of benzene rings is 2. The van der Waals surface area contributed by atoms with E-state index in [4.69, 9.17) is 4.74 Å². The summed E-state index contributed by atoms with van der Waals surface area (Å²) in [5.74, 6) is 0.467. The van der Waals surface area contributed by atoms with Gasteiger partial charge in [0.15, 0.2) is 9.84 Å². The van der Waals surface area contributed by atoms with Crippen molar-refractivity contribution in [1.29, 1.82) is 0 Å². The van der Waals surface area contributed by atoms with Crippen LogP contribution in [0.4, 0.5) is 0 Å². The SMILES string of the molecule is COc1ccccc1CNC(=O)c1ccc(CS(C)(=O)=O)cc1. The van der Waals surface area contributed by atoms with Crippen molar-refractivity contribution in [3.63, 3.8) is 0 Å². The fourth-order valence-corrected chi connectivity index (χ4v) is 2.98. The minimum atomic E-state index is -3.08. The number of hydrogen-bond donors (Lipinski definition) is 1. The number of rotatable bonds is 6. The predicted molar refractivity (Wildman–Crippen MR) is 89.2 cm³/mol. The van der Waals surface area contributed by atoms with E-state index in [-0.39, 0.29) is 11.7 Å². The molecule has 0 radical (unpaired) electrons. The van der Waals surface area contributed by atoms with Gasteiger partial charge in [0.05, 0.1) is 12.9 Å². The van der Waals surface area contributed by atoms with Crippen LogP contribution in [-0.2, 0) is 22.1 Å². The van der Waals surface area contributed by atoms with Gasteiger partial charge in [0.25, 0.3) is 5.91 Å². The molecule has 0 bridgehead atoms. The first-order chi connectivity index (χ1) is 10.9. The van der Waals surface area contributed by atoms with Crippen LogP contribution in [0.15, 0.2) is 48.5 Å². The lowest BCUT2D eigenvalue weighted by Crippen LogP contribution is -2.23. The van der Waals surface area contributed by atoms with E-state index in [2.05, 4.69) is 5.32 Å². The Morgan fingerprint density at radius 1 is 1.09 bits per heavy atom. The van der Waals surface area contributed by atoms with Gasteiger partial charge in [0.2, 0.25) is 0 Å². The van der Waals surface area contributed by atoms with Crippen molar-refractivity contribution in [2.45, 2.75) is 12.3 Å². The summed E-state index contributed by atoms with van der Waals surface area (Å²) in [7, 11) is -1.49. The molecule has 0 unspecified atom stereocenters. The predicted octanol–water partition coefficient (Wildman–Crippen LogP) is 2.17. The van der Waals surface area contributed by atoms with E-state index in [1.807, 2.05) is 24.3 Å². The Morgan fingerprint density at radius 2 is 1.74 bits per heavy atom. The molecule has 0 heterocycles. The minimum absolute atomic E-state index is 0.0316. The van der Waals surface area contributed by atoms with Crippen LogP contribution >= 0.6 is 0 Å². The van der Waals surface area contributed by atoms with Crippen molar-refractivity contribution in [3.05, 3.63) is 65.2 Å². The summed E-state index contributed by atoms with van der Waals surface area (Å²) in [6.07, 6.45) is 1.18. The van der Waals surface area contributed by atoms with E-state index in [1.165, 1.54) is 6.26 Å². The Labute approximate surface area is 136 Å². The van der Waals surface area contributed by atoms with Crippen LogP contribution in [0.1, 0.15) is 21.5 Å². The minimum Gasteiger partial charge on any atom is -0.496 e. The van der Waals surface area contributed by atoms with E-state index >= 15 is 0 Å². The average Bonchev–Trinajstić information content (AvgIpc) is 2.52. The molecule has 0 aliphatic heterocycles. The quantitative estimate of drug-likeness (QED) is 0.879. The molecule has 0 aliphatic rings. The van der Waals surface area contributed by atoms with Gasteiger partial charge in [-0.15, -0.1) is 0 Å². The second kappa shape index (κ2) is 7.28. The molecule has 0 atom stereocenters. The Balaban J connectivity index is 2.01. The van der Waals surface area contributed by atoms with Gasteiger partial charge in [-0.2, -0.15) is 0 Å². The fraction of sp³-hybridized carbons (Fsp3) is 0.235. The number of hydrogen-bond acceptors (Lipinski definition) is 4. The largest absolute Gasteiger partial charge is 0.496 e. The molecule has 0 spiro atoms. The first kappa shape index (κ1) is 17.0. The van der Waals surface area contributed by atoms with E-state index in [0.29, 0.717) is 17.7 Å². The maximum Gasteiger partial charge on any atom is 0.251 e. The van der Waals surface area contributed by atoms with Gasteiger partial charge in [-0.05, 0) is 23.8 Å². The van der Waals surface area contributed by atoms with Crippen molar-refractivity contribution in [3.8, 4) is 5.75 Å². The van der Waals surface area contributed by atoms with Crippen LogP contribution in [0, 0.1) is 0 Å². The molecule has 23 heavy (non-hydrogen) atoms. The van der Waals surface area contributed by atoms with Gasteiger partial charge < -0.3 is 10.1 Å². The van der Waals surface area contributed by atoms with Gasteiger partial charge in [-0.1, -0.05) is 30.3 Å². The molecule has 1 N–H and O–H groups in total. The Morgan fingerprint density at radius 3 is 2.35 bits per heavy atom. The summed E-state index contributed by atoms with van der Waals surface area (Å²) in [5.41, 5.74) is 2.03. The highest BCUT2D eigenvalue weighted by molar-refractivity contribution is 7.89. The van der Waals surface area contributed by atoms with Gasteiger partial charge in [-0.25, -0.2) is 8.42 Å². The fourth-order valence-electron chi connectivity index (χ4n) is 2.18. The first-order valence-electron chi connectivity index (χ1n) is 7.06. The molecular weight excluding hydrogens is 314 g/mol. The van der Waals surface area contributed by atoms with Crippen molar-refractivity contribution >= 4 is 15.7 Å². The third-order valence-corrected chi connectivity index (χ3v) is 4.13. The molecule has 122 valence electrons. The lowest BCUT2D eigenvalue weighted by atomic mass is 10.1. The molecule has 0 saturated carbocycles. The molecule has 1 amide bonds. The van der Waals surface area contributed by atoms with Crippen LogP contribution < -0.4 is 10.1 Å². The van der Waals surface area contributed by atoms with Crippen LogP contribution in [0.3, 0.4) is 0 Å². The van der Waals surface area contributed by atoms with E-state index in [0.717, 1.165) is 11.3 Å². The maximum absolute atomic E-state index is 12.1. The van der Waals surface area contributed by atoms with E-state index in [9.17, 15) is 13.2 Å². The zero-order valence-electron chi connectivity index (χ0n) is 13.1. The molecule has 2 aromatic carbocycles. The zero-order chi connectivity index (χ0) is 16.9. The summed E-state index contributed by atoms with van der Waals surface area (Å²) in [5, 5.41) is 2.82. The lowest BCUT2D eigenvalue weighted by molar-refractivity contribution is 0.0950. The van der Waals surface area contributed by atoms with Crippen molar-refractivity contribution in [2.24, 2.45) is 0 Å². The number of methoxy groups -OCH3 is 1. The zero-order valence-corrected chi connectivity index (χ0v) is 13.9. The summed E-state index contributed by atoms with van der Waals surface area (Å²) in [6, 6.07) is 14.0. The number of para-hydroxylation sites is 1. The topological polar surface area (TPSA) is 72.5 Å². The van der Waals surface area contributed by atoms with Crippen LogP contribution in [0.25, 0.3) is 0 Å². The smallest absolute Gasteiger partial charge is 0.251 e. The number of ether oxygens (including phenoxy) is 1. The Hall–Kier alpha value is -2.34. The summed E-state index contributed by atoms with van der Waals surface area (Å²) >= 11 is 0. The summed E-state index contributed by atoms with van der Waals surface area (Å²) in [4.78, 5) is 12.1. The Bertz CT molecular complexity index is 782. The lowest BCUT2D eigenvalue weighted by Gasteiger charge is -2.10. The summed E-state index contributed by atoms with van der Waals surface area (Å²) < 4.78 is 27.7. The normalized spacial score (nSPS) is 11.0. The van der Waals surface area contributed by atoms with Crippen LogP contribution in [0.5, 0.6) is 5.75 Å². The standard InChI is InChI=1S/C17H19NO4S/c1-22-16-6-4-3-5-15(16)11-18-17(19)14-9-7-13(8-10-14)12-23(2,20)21/h3-10H,11-12H2,1-2H3,(H,18,19). The van der Waals surface area contributed by atoms with E-state index in [1.54, 1.807) is 31.4 Å². The van der Waals surface area contributed by atoms with Gasteiger partial charge in [-0.3, -0.25) is 4.79 Å². The molecule has 5 nitrogen and oxygen atoms in total. The highest BCUT2D eigenvalue weighted by atomic mass is 32.2. The molecule has 0 aromatic heterocycles. The average molecular weight is 333 g/mol. The summed E-state index contributed by atoms with van der Waals surface area (Å²) in [6.45, 7) is 0.355. The second-order valence-electron chi connectivity index (χ2n) is 5.26. The Kier molecular flexibility index (Phi) is 5.39. The first-order valence-corrected chi connectivity index (χ1v) is 9.12. The monoisotopic (exact) mass is 333 g/mol. The van der Waals surface area contributed by atoms with Crippen LogP contribution in [0.2, 0.25) is 0 Å². The molecule has 0 aliphatic carbocycles. The highest BCUT2D eigenvalue weighted by Gasteiger charge is 2.09. The van der Waals surface area contributed by atoms with Crippen molar-refractivity contribution in [1.82, 2.24) is 5.32 Å². The van der Waals surface area contributed by atoms with E-state index < -0.39 is 9.84 Å². The number of carbonyl (C=O) groups excluding carboxylic acids is 1. The maximum atomic E-state index is 12.1. The number of nitrogens with one attached hydrogen (secondary N) is 1. The van der Waals surface area contributed by atoms with Gasteiger partial charge in [0.1, 0.15) is 5.75 Å². The van der Waals surface area contributed by atoms with Crippen molar-refractivity contribution < 1.29 is 17.9 Å². The highest BCUT2D eigenvalue weighted by Crippen LogP contribution is 2.17. The van der Waals surface area contributed by atoms with Gasteiger partial charge in [0, 0.05) is 23.9 Å². The molecular formula is C17H19NO4S. The third kappa shape index (κ3) is 5.10. The van der Waals surface area contributed by atoms with Crippen molar-refractivity contribution in [2.75, 3.05) is 13.4 Å². The number of amides is 1. The molecule has 2 aromatic rings.